The lowest BCUT2D eigenvalue weighted by molar-refractivity contribution is -0.122. The van der Waals surface area contributed by atoms with E-state index in [9.17, 15) is 9.59 Å². The van der Waals surface area contributed by atoms with Crippen molar-refractivity contribution >= 4 is 29.2 Å². The van der Waals surface area contributed by atoms with E-state index in [1.807, 2.05) is 23.1 Å². The van der Waals surface area contributed by atoms with Crippen LogP contribution in [0.15, 0.2) is 42.7 Å². The highest BCUT2D eigenvalue weighted by Gasteiger charge is 2.30. The Bertz CT molecular complexity index is 931. The highest BCUT2D eigenvalue weighted by Crippen LogP contribution is 2.34. The van der Waals surface area contributed by atoms with Gasteiger partial charge in [0.25, 0.3) is 0 Å². The Balaban J connectivity index is 1.22. The summed E-state index contributed by atoms with van der Waals surface area (Å²) in [6, 6.07) is 9.06. The first kappa shape index (κ1) is 21.6. The molecule has 1 fully saturated rings. The standard InChI is InChI=1S/C23H28ClN5O2/c24-17-2-4-19-16(13-17)1-3-20(19)22(30)27-14-21(25)15-7-11-29(12-8-15)23(31)28-18-5-9-26-10-6-18/h2,4-6,9-10,13,15,20-21H,1,3,7-8,11-12,14,25H2,(H,27,30)(H,26,28,31). The Kier molecular flexibility index (Phi) is 6.73. The van der Waals surface area contributed by atoms with Gasteiger partial charge in [0.05, 0.1) is 5.92 Å². The number of nitrogens with zero attached hydrogens (tertiary/aromatic N) is 2. The molecule has 8 heteroatoms. The van der Waals surface area contributed by atoms with E-state index in [0.717, 1.165) is 42.5 Å². The number of piperidine rings is 1. The SMILES string of the molecule is NC(CNC(=O)C1CCc2cc(Cl)ccc21)C1CCN(C(=O)Nc2ccncc2)CC1. The van der Waals surface area contributed by atoms with Crippen LogP contribution in [-0.2, 0) is 11.2 Å². The summed E-state index contributed by atoms with van der Waals surface area (Å²) >= 11 is 6.06. The second-order valence-electron chi connectivity index (χ2n) is 8.33. The monoisotopic (exact) mass is 441 g/mol. The zero-order valence-electron chi connectivity index (χ0n) is 17.4. The topological polar surface area (TPSA) is 100 Å². The zero-order valence-corrected chi connectivity index (χ0v) is 18.1. The van der Waals surface area contributed by atoms with Crippen molar-refractivity contribution in [3.63, 3.8) is 0 Å². The van der Waals surface area contributed by atoms with Crippen LogP contribution in [0.25, 0.3) is 0 Å². The third-order valence-corrected chi connectivity index (χ3v) is 6.61. The van der Waals surface area contributed by atoms with Crippen molar-refractivity contribution in [3.8, 4) is 0 Å². The maximum absolute atomic E-state index is 12.7. The van der Waals surface area contributed by atoms with Crippen LogP contribution in [0.5, 0.6) is 0 Å². The highest BCUT2D eigenvalue weighted by molar-refractivity contribution is 6.30. The van der Waals surface area contributed by atoms with E-state index in [0.29, 0.717) is 24.7 Å². The predicted molar refractivity (Wildman–Crippen MR) is 121 cm³/mol. The number of hydrogen-bond donors (Lipinski definition) is 3. The largest absolute Gasteiger partial charge is 0.354 e. The molecule has 0 radical (unpaired) electrons. The summed E-state index contributed by atoms with van der Waals surface area (Å²) in [4.78, 5) is 30.9. The minimum absolute atomic E-state index is 0.0330. The van der Waals surface area contributed by atoms with E-state index < -0.39 is 0 Å². The molecule has 31 heavy (non-hydrogen) atoms. The quantitative estimate of drug-likeness (QED) is 0.663. The van der Waals surface area contributed by atoms with Crippen LogP contribution in [0.4, 0.5) is 10.5 Å². The second-order valence-corrected chi connectivity index (χ2v) is 8.77. The third kappa shape index (κ3) is 5.17. The van der Waals surface area contributed by atoms with Crippen molar-refractivity contribution in [2.24, 2.45) is 11.7 Å². The molecule has 7 nitrogen and oxygen atoms in total. The summed E-state index contributed by atoms with van der Waals surface area (Å²) in [6.07, 6.45) is 6.63. The first-order valence-corrected chi connectivity index (χ1v) is 11.2. The maximum Gasteiger partial charge on any atom is 0.321 e. The van der Waals surface area contributed by atoms with Gasteiger partial charge in [-0.05, 0) is 67.0 Å². The summed E-state index contributed by atoms with van der Waals surface area (Å²) in [7, 11) is 0. The van der Waals surface area contributed by atoms with Crippen LogP contribution >= 0.6 is 11.6 Å². The van der Waals surface area contributed by atoms with E-state index in [1.165, 1.54) is 0 Å². The number of carbonyl (C=O) groups excluding carboxylic acids is 2. The lowest BCUT2D eigenvalue weighted by Gasteiger charge is -2.34. The van der Waals surface area contributed by atoms with Gasteiger partial charge in [0.1, 0.15) is 0 Å². The van der Waals surface area contributed by atoms with Crippen molar-refractivity contribution < 1.29 is 9.59 Å². The van der Waals surface area contributed by atoms with Gasteiger partial charge in [0, 0.05) is 48.8 Å². The summed E-state index contributed by atoms with van der Waals surface area (Å²) in [5.74, 6) is 0.184. The molecule has 3 amide bonds. The fourth-order valence-electron chi connectivity index (χ4n) is 4.54. The van der Waals surface area contributed by atoms with Gasteiger partial charge in [-0.3, -0.25) is 9.78 Å². The number of nitrogens with two attached hydrogens (primary N) is 1. The van der Waals surface area contributed by atoms with E-state index in [2.05, 4.69) is 15.6 Å². The Morgan fingerprint density at radius 1 is 1.16 bits per heavy atom. The summed E-state index contributed by atoms with van der Waals surface area (Å²) in [6.45, 7) is 1.76. The van der Waals surface area contributed by atoms with Gasteiger partial charge in [-0.25, -0.2) is 4.79 Å². The molecule has 164 valence electrons. The predicted octanol–water partition coefficient (Wildman–Crippen LogP) is 3.15. The highest BCUT2D eigenvalue weighted by atomic mass is 35.5. The van der Waals surface area contributed by atoms with E-state index in [4.69, 9.17) is 17.3 Å². The van der Waals surface area contributed by atoms with Crippen molar-refractivity contribution in [1.29, 1.82) is 0 Å². The number of nitrogens with one attached hydrogen (secondary N) is 2. The number of pyridine rings is 1. The molecule has 1 aliphatic heterocycles. The number of fused-ring (bicyclic) bond motifs is 1. The molecule has 0 spiro atoms. The molecule has 2 aromatic rings. The Morgan fingerprint density at radius 3 is 2.65 bits per heavy atom. The number of likely N-dealkylation sites (tertiary alicyclic amines) is 1. The number of benzene rings is 1. The molecular formula is C23H28ClN5O2. The fourth-order valence-corrected chi connectivity index (χ4v) is 4.73. The Morgan fingerprint density at radius 2 is 1.90 bits per heavy atom. The van der Waals surface area contributed by atoms with Crippen molar-refractivity contribution in [1.82, 2.24) is 15.2 Å². The molecule has 2 atom stereocenters. The number of hydrogen-bond acceptors (Lipinski definition) is 4. The van der Waals surface area contributed by atoms with Gasteiger partial charge in [-0.1, -0.05) is 17.7 Å². The van der Waals surface area contributed by atoms with E-state index in [-0.39, 0.29) is 29.8 Å². The van der Waals surface area contributed by atoms with Crippen LogP contribution < -0.4 is 16.4 Å². The summed E-state index contributed by atoms with van der Waals surface area (Å²) in [5.41, 5.74) is 9.37. The minimum Gasteiger partial charge on any atom is -0.354 e. The lowest BCUT2D eigenvalue weighted by Crippen LogP contribution is -2.48. The van der Waals surface area contributed by atoms with E-state index >= 15 is 0 Å². The van der Waals surface area contributed by atoms with Crippen LogP contribution in [0.2, 0.25) is 5.02 Å². The van der Waals surface area contributed by atoms with Crippen LogP contribution in [0.3, 0.4) is 0 Å². The maximum atomic E-state index is 12.7. The normalized spacial score (nSPS) is 19.5. The van der Waals surface area contributed by atoms with Gasteiger partial charge < -0.3 is 21.3 Å². The molecule has 2 aliphatic rings. The molecule has 4 N–H and O–H groups in total. The van der Waals surface area contributed by atoms with Crippen LogP contribution in [0.1, 0.15) is 36.3 Å². The fraction of sp³-hybridized carbons (Fsp3) is 0.435. The molecule has 2 heterocycles. The van der Waals surface area contributed by atoms with Gasteiger partial charge in [0.2, 0.25) is 5.91 Å². The van der Waals surface area contributed by atoms with E-state index in [1.54, 1.807) is 24.5 Å². The van der Waals surface area contributed by atoms with Gasteiger partial charge >= 0.3 is 6.03 Å². The van der Waals surface area contributed by atoms with Gasteiger partial charge in [0.15, 0.2) is 0 Å². The van der Waals surface area contributed by atoms with Gasteiger partial charge in [-0.15, -0.1) is 0 Å². The first-order chi connectivity index (χ1) is 15.0. The third-order valence-electron chi connectivity index (χ3n) is 6.38. The average Bonchev–Trinajstić information content (AvgIpc) is 3.21. The first-order valence-electron chi connectivity index (χ1n) is 10.8. The molecule has 2 unspecified atom stereocenters. The number of aryl methyl sites for hydroxylation is 1. The number of aromatic nitrogens is 1. The number of anilines is 1. The molecule has 0 saturated carbocycles. The van der Waals surface area contributed by atoms with Crippen molar-refractivity contribution in [3.05, 3.63) is 58.9 Å². The molecular weight excluding hydrogens is 414 g/mol. The number of urea groups is 1. The zero-order chi connectivity index (χ0) is 21.8. The number of rotatable bonds is 5. The molecule has 4 rings (SSSR count). The number of amides is 3. The Labute approximate surface area is 187 Å². The minimum atomic E-state index is -0.127. The average molecular weight is 442 g/mol. The van der Waals surface area contributed by atoms with Crippen LogP contribution in [-0.4, -0.2) is 47.5 Å². The van der Waals surface area contributed by atoms with Crippen molar-refractivity contribution in [2.45, 2.75) is 37.6 Å². The number of halogens is 1. The molecule has 1 aromatic carbocycles. The van der Waals surface area contributed by atoms with Crippen LogP contribution in [0, 0.1) is 5.92 Å². The van der Waals surface area contributed by atoms with Crippen molar-refractivity contribution in [2.75, 3.05) is 25.0 Å². The molecule has 1 aliphatic carbocycles. The van der Waals surface area contributed by atoms with Gasteiger partial charge in [-0.2, -0.15) is 0 Å². The molecule has 1 saturated heterocycles. The summed E-state index contributed by atoms with van der Waals surface area (Å²) < 4.78 is 0. The number of carbonyl (C=O) groups is 2. The summed E-state index contributed by atoms with van der Waals surface area (Å²) in [5, 5.41) is 6.65. The smallest absolute Gasteiger partial charge is 0.321 e. The molecule has 1 aromatic heterocycles. The Hall–Kier alpha value is -2.64. The second kappa shape index (κ2) is 9.66. The lowest BCUT2D eigenvalue weighted by atomic mass is 9.89. The molecule has 0 bridgehead atoms.